The lowest BCUT2D eigenvalue weighted by molar-refractivity contribution is -0.605. The Balaban J connectivity index is 1.48. The van der Waals surface area contributed by atoms with Gasteiger partial charge in [-0.05, 0) is 5.57 Å². The third-order valence-corrected chi connectivity index (χ3v) is 7.99. The molecule has 1 fully saturated rings. The van der Waals surface area contributed by atoms with Crippen molar-refractivity contribution < 1.29 is 29.1 Å². The molecule has 2 atom stereocenters. The second-order valence-corrected chi connectivity index (χ2v) is 10.0. The van der Waals surface area contributed by atoms with Crippen LogP contribution in [0.4, 0.5) is 5.13 Å². The van der Waals surface area contributed by atoms with Gasteiger partial charge in [0.05, 0.1) is 0 Å². The van der Waals surface area contributed by atoms with Gasteiger partial charge in [0.25, 0.3) is 11.8 Å². The molecule has 0 unspecified atom stereocenters. The number of thioether (sulfide) groups is 2. The molecule has 2 aromatic heterocycles. The first-order valence-corrected chi connectivity index (χ1v) is 12.6. The number of carboxylic acids is 1. The summed E-state index contributed by atoms with van der Waals surface area (Å²) in [4.78, 5) is 48.4. The summed E-state index contributed by atoms with van der Waals surface area (Å²) in [5, 5.41) is 28.5. The van der Waals surface area contributed by atoms with Crippen LogP contribution in [0.1, 0.15) is 5.69 Å². The highest BCUT2D eigenvalue weighted by molar-refractivity contribution is 8.01. The van der Waals surface area contributed by atoms with Crippen LogP contribution >= 0.6 is 34.9 Å². The van der Waals surface area contributed by atoms with Crippen LogP contribution < -0.4 is 15.8 Å². The number of nitrogen functional groups attached to an aromatic ring is 1. The first-order valence-electron chi connectivity index (χ1n) is 9.65. The van der Waals surface area contributed by atoms with E-state index in [-0.39, 0.29) is 22.2 Å². The van der Waals surface area contributed by atoms with E-state index in [4.69, 9.17) is 10.6 Å². The molecule has 2 amide bonds. The van der Waals surface area contributed by atoms with Crippen LogP contribution in [0.2, 0.25) is 0 Å². The lowest BCUT2D eigenvalue weighted by Gasteiger charge is -2.49. The van der Waals surface area contributed by atoms with Crippen molar-refractivity contribution in [3.8, 4) is 0 Å². The Bertz CT molecular complexity index is 1200. The number of rotatable bonds is 8. The predicted molar refractivity (Wildman–Crippen MR) is 126 cm³/mol. The number of oxime groups is 1. The van der Waals surface area contributed by atoms with Crippen molar-refractivity contribution in [3.05, 3.63) is 52.1 Å². The number of carbonyl (C=O) groups is 3. The Hall–Kier alpha value is -3.30. The number of amides is 2. The summed E-state index contributed by atoms with van der Waals surface area (Å²) in [6.45, 7) is 0. The van der Waals surface area contributed by atoms with Crippen LogP contribution in [0.3, 0.4) is 0 Å². The van der Waals surface area contributed by atoms with Gasteiger partial charge in [-0.3, -0.25) is 14.5 Å². The molecule has 15 heteroatoms. The molecule has 2 aromatic rings. The fourth-order valence-corrected chi connectivity index (χ4v) is 6.28. The minimum atomic E-state index is -1.22. The molecule has 34 heavy (non-hydrogen) atoms. The number of anilines is 1. The second kappa shape index (κ2) is 9.90. The number of β-lactam (4-membered cyclic amide) rings is 1. The molecular formula is C19H18N6O6S3. The van der Waals surface area contributed by atoms with E-state index in [1.807, 2.05) is 0 Å². The van der Waals surface area contributed by atoms with Gasteiger partial charge in [-0.15, -0.1) is 34.9 Å². The van der Waals surface area contributed by atoms with Gasteiger partial charge in [-0.1, -0.05) is 5.16 Å². The quantitative estimate of drug-likeness (QED) is 0.109. The van der Waals surface area contributed by atoms with Gasteiger partial charge < -0.3 is 26.2 Å². The van der Waals surface area contributed by atoms with Crippen molar-refractivity contribution in [3.63, 3.8) is 0 Å². The maximum atomic E-state index is 12.9. The summed E-state index contributed by atoms with van der Waals surface area (Å²) in [5.74, 6) is -1.74. The number of hydrogen-bond donors (Lipinski definition) is 3. The van der Waals surface area contributed by atoms with Crippen LogP contribution in [0.5, 0.6) is 0 Å². The van der Waals surface area contributed by atoms with E-state index in [0.717, 1.165) is 16.2 Å². The van der Waals surface area contributed by atoms with E-state index in [0.29, 0.717) is 21.8 Å². The maximum absolute atomic E-state index is 12.9. The molecule has 4 N–H and O–H groups in total. The van der Waals surface area contributed by atoms with Crippen molar-refractivity contribution in [2.75, 3.05) is 24.3 Å². The van der Waals surface area contributed by atoms with Crippen molar-refractivity contribution >= 4 is 63.5 Å². The number of carbonyl (C=O) groups excluding carboxylic acids is 2. The molecule has 0 aliphatic carbocycles. The summed E-state index contributed by atoms with van der Waals surface area (Å²) in [6.07, 6.45) is 2.71. The Labute approximate surface area is 205 Å². The Morgan fingerprint density at radius 2 is 2.21 bits per heavy atom. The van der Waals surface area contributed by atoms with Crippen molar-refractivity contribution in [1.29, 1.82) is 0 Å². The zero-order valence-electron chi connectivity index (χ0n) is 17.5. The fraction of sp³-hybridized carbons (Fsp3) is 0.263. The van der Waals surface area contributed by atoms with Crippen LogP contribution in [0.15, 0.2) is 51.2 Å². The lowest BCUT2D eigenvalue weighted by atomic mass is 10.0. The van der Waals surface area contributed by atoms with Crippen LogP contribution in [0.25, 0.3) is 0 Å². The van der Waals surface area contributed by atoms with Gasteiger partial charge in [0.1, 0.15) is 29.9 Å². The van der Waals surface area contributed by atoms with Crippen molar-refractivity contribution in [2.45, 2.75) is 16.3 Å². The highest BCUT2D eigenvalue weighted by Gasteiger charge is 2.54. The molecule has 2 aliphatic rings. The minimum absolute atomic E-state index is 0.0837. The Kier molecular flexibility index (Phi) is 6.95. The molecule has 0 radical (unpaired) electrons. The number of nitrogens with zero attached hydrogens (tertiary/aromatic N) is 4. The minimum Gasteiger partial charge on any atom is -0.619 e. The van der Waals surface area contributed by atoms with Gasteiger partial charge in [0.15, 0.2) is 23.2 Å². The monoisotopic (exact) mass is 522 g/mol. The third-order valence-electron chi connectivity index (χ3n) is 4.88. The predicted octanol–water partition coefficient (Wildman–Crippen LogP) is 0.240. The first kappa shape index (κ1) is 23.8. The smallest absolute Gasteiger partial charge is 0.352 e. The number of pyridine rings is 1. The molecule has 12 nitrogen and oxygen atoms in total. The highest BCUT2D eigenvalue weighted by Crippen LogP contribution is 2.41. The van der Waals surface area contributed by atoms with E-state index in [2.05, 4.69) is 15.5 Å². The number of aliphatic carboxylic acids is 1. The van der Waals surface area contributed by atoms with Gasteiger partial charge in [0, 0.05) is 33.9 Å². The average Bonchev–Trinajstić information content (AvgIpc) is 3.25. The van der Waals surface area contributed by atoms with Gasteiger partial charge in [-0.25, -0.2) is 9.78 Å². The summed E-state index contributed by atoms with van der Waals surface area (Å²) >= 11 is 3.84. The largest absolute Gasteiger partial charge is 0.619 e. The standard InChI is InChI=1S/C19H18N6O6S3/c1-31-23-12(11-8-34-19(20)21-11)15(26)22-13-16(27)25-14(18(28)29)9(7-33-17(13)25)6-32-10-2-4-24(30)5-3-10/h2-5,8,13,17H,6-7H2,1H3,(H2,20,21)(H,22,26)(H,28,29)/b23-12-/t13-,17-/m1/s1. The number of carboxylic acid groups (broad SMARTS) is 1. The maximum Gasteiger partial charge on any atom is 0.352 e. The first-order chi connectivity index (χ1) is 16.3. The molecule has 4 rings (SSSR count). The SMILES string of the molecule is CO/N=C(\C(=O)N[C@@H]1C(=O)N2C(C(=O)O)=C(CSc3cc[n+]([O-])cc3)CS[C@H]12)c1csc(N)n1. The molecule has 0 spiro atoms. The van der Waals surface area contributed by atoms with Gasteiger partial charge in [0.2, 0.25) is 0 Å². The summed E-state index contributed by atoms with van der Waals surface area (Å²) in [6, 6.07) is 2.33. The van der Waals surface area contributed by atoms with Gasteiger partial charge in [-0.2, -0.15) is 4.73 Å². The Morgan fingerprint density at radius 3 is 2.82 bits per heavy atom. The zero-order chi connectivity index (χ0) is 24.4. The average molecular weight is 523 g/mol. The molecule has 0 aromatic carbocycles. The molecule has 2 aliphatic heterocycles. The van der Waals surface area contributed by atoms with Crippen LogP contribution in [-0.4, -0.2) is 68.5 Å². The van der Waals surface area contributed by atoms with E-state index >= 15 is 0 Å². The number of fused-ring (bicyclic) bond motifs is 1. The topological polar surface area (TPSA) is 174 Å². The molecule has 178 valence electrons. The third kappa shape index (κ3) is 4.67. The molecule has 0 saturated carbocycles. The number of nitrogens with one attached hydrogen (secondary N) is 1. The van der Waals surface area contributed by atoms with Crippen LogP contribution in [-0.2, 0) is 19.2 Å². The molecular weight excluding hydrogens is 504 g/mol. The van der Waals surface area contributed by atoms with E-state index in [1.54, 1.807) is 12.1 Å². The molecule has 1 saturated heterocycles. The number of nitrogens with two attached hydrogens (primary N) is 1. The number of thiazole rings is 1. The van der Waals surface area contributed by atoms with E-state index < -0.39 is 29.2 Å². The van der Waals surface area contributed by atoms with Crippen molar-refractivity contribution in [1.82, 2.24) is 15.2 Å². The van der Waals surface area contributed by atoms with Crippen molar-refractivity contribution in [2.24, 2.45) is 5.16 Å². The van der Waals surface area contributed by atoms with E-state index in [9.17, 15) is 24.7 Å². The zero-order valence-corrected chi connectivity index (χ0v) is 20.0. The molecule has 0 bridgehead atoms. The number of aromatic nitrogens is 2. The fourth-order valence-electron chi connectivity index (χ4n) is 3.36. The molecule has 4 heterocycles. The normalized spacial score (nSPS) is 20.0. The summed E-state index contributed by atoms with van der Waals surface area (Å²) in [7, 11) is 1.27. The second-order valence-electron chi connectivity index (χ2n) is 6.99. The van der Waals surface area contributed by atoms with E-state index in [1.165, 1.54) is 53.3 Å². The number of hydrogen-bond acceptors (Lipinski definition) is 11. The van der Waals surface area contributed by atoms with Crippen LogP contribution in [0, 0.1) is 5.21 Å². The Morgan fingerprint density at radius 1 is 1.47 bits per heavy atom. The summed E-state index contributed by atoms with van der Waals surface area (Å²) in [5.41, 5.74) is 6.18. The van der Waals surface area contributed by atoms with Gasteiger partial charge >= 0.3 is 5.97 Å². The lowest BCUT2D eigenvalue weighted by Crippen LogP contribution is -2.71. The summed E-state index contributed by atoms with van der Waals surface area (Å²) < 4.78 is 0.659. The highest BCUT2D eigenvalue weighted by atomic mass is 32.2.